The molecule has 8 heteroatoms. The molecule has 142 valence electrons. The van der Waals surface area contributed by atoms with Gasteiger partial charge >= 0.3 is 0 Å². The first-order valence-corrected chi connectivity index (χ1v) is 8.34. The Hall–Kier alpha value is -3.39. The van der Waals surface area contributed by atoms with E-state index in [1.165, 1.54) is 0 Å². The van der Waals surface area contributed by atoms with Gasteiger partial charge in [-0.05, 0) is 42.3 Å². The predicted molar refractivity (Wildman–Crippen MR) is 101 cm³/mol. The number of rotatable bonds is 6. The Morgan fingerprint density at radius 3 is 2.41 bits per heavy atom. The molecule has 1 heterocycles. The van der Waals surface area contributed by atoms with E-state index in [1.54, 1.807) is 0 Å². The summed E-state index contributed by atoms with van der Waals surface area (Å²) in [5, 5.41) is 2.79. The molecule has 0 bridgehead atoms. The second-order valence-electron chi connectivity index (χ2n) is 5.97. The van der Waals surface area contributed by atoms with Gasteiger partial charge in [0.2, 0.25) is 17.7 Å². The van der Waals surface area contributed by atoms with Gasteiger partial charge in [0.25, 0.3) is 0 Å². The number of nitrogens with one attached hydrogen (secondary N) is 1. The van der Waals surface area contributed by atoms with E-state index in [0.29, 0.717) is 6.42 Å². The first-order valence-electron chi connectivity index (χ1n) is 8.34. The van der Waals surface area contributed by atoms with Crippen LogP contribution in [0.3, 0.4) is 0 Å². The van der Waals surface area contributed by atoms with Crippen molar-refractivity contribution >= 4 is 23.4 Å². The Balaban J connectivity index is 0.000000227. The van der Waals surface area contributed by atoms with Crippen LogP contribution in [0.4, 0.5) is 5.69 Å². The fraction of sp³-hybridized carbons (Fsp3) is 0.211. The fourth-order valence-electron chi connectivity index (χ4n) is 2.33. The third kappa shape index (κ3) is 6.44. The van der Waals surface area contributed by atoms with Gasteiger partial charge in [0.15, 0.2) is 0 Å². The van der Waals surface area contributed by atoms with Crippen molar-refractivity contribution < 1.29 is 19.1 Å². The summed E-state index contributed by atoms with van der Waals surface area (Å²) >= 11 is 0. The number of nitrogens with two attached hydrogens (primary N) is 3. The van der Waals surface area contributed by atoms with Gasteiger partial charge in [0.05, 0.1) is 12.5 Å². The second-order valence-corrected chi connectivity index (χ2v) is 5.97. The molecule has 1 aliphatic rings. The quantitative estimate of drug-likeness (QED) is 0.599. The van der Waals surface area contributed by atoms with Crippen LogP contribution in [-0.4, -0.2) is 23.8 Å². The first-order chi connectivity index (χ1) is 12.8. The number of fused-ring (bicyclic) bond motifs is 1. The van der Waals surface area contributed by atoms with Crippen molar-refractivity contribution in [1.82, 2.24) is 0 Å². The molecule has 0 saturated carbocycles. The van der Waals surface area contributed by atoms with Gasteiger partial charge in [0, 0.05) is 12.1 Å². The number of carbonyl (C=O) groups is 3. The summed E-state index contributed by atoms with van der Waals surface area (Å²) in [6.45, 7) is 0. The summed E-state index contributed by atoms with van der Waals surface area (Å²) in [6, 6.07) is 14.5. The summed E-state index contributed by atoms with van der Waals surface area (Å²) in [5.41, 5.74) is 16.7. The Morgan fingerprint density at radius 2 is 1.78 bits per heavy atom. The number of ether oxygens (including phenoxy) is 1. The molecule has 27 heavy (non-hydrogen) atoms. The largest absolute Gasteiger partial charge is 0.457 e. The zero-order valence-corrected chi connectivity index (χ0v) is 14.7. The van der Waals surface area contributed by atoms with Crippen LogP contribution in [0, 0.1) is 0 Å². The number of para-hydroxylation sites is 1. The molecule has 0 fully saturated rings. The van der Waals surface area contributed by atoms with E-state index in [4.69, 9.17) is 21.9 Å². The van der Waals surface area contributed by atoms with Crippen LogP contribution in [0.1, 0.15) is 18.4 Å². The Labute approximate surface area is 156 Å². The average Bonchev–Trinajstić information content (AvgIpc) is 3.00. The number of anilines is 1. The minimum Gasteiger partial charge on any atom is -0.457 e. The zero-order valence-electron chi connectivity index (χ0n) is 14.7. The molecule has 8 nitrogen and oxygen atoms in total. The lowest BCUT2D eigenvalue weighted by Crippen LogP contribution is -2.37. The van der Waals surface area contributed by atoms with Crippen molar-refractivity contribution in [2.24, 2.45) is 17.2 Å². The Bertz CT molecular complexity index is 824. The summed E-state index contributed by atoms with van der Waals surface area (Å²) in [6.07, 6.45) is 0.760. The lowest BCUT2D eigenvalue weighted by Gasteiger charge is -2.06. The lowest BCUT2D eigenvalue weighted by molar-refractivity contribution is -0.120. The minimum atomic E-state index is -0.757. The maximum Gasteiger partial charge on any atom is 0.234 e. The SMILES string of the molecule is NC(=O)CCC(N)C(N)=O.O=C1Cc2cc(Oc3ccccc3)ccc2N1. The second kappa shape index (κ2) is 9.35. The standard InChI is InChI=1S/C14H11NO2.C5H11N3O2/c16-14-9-10-8-12(6-7-13(10)15-14)17-11-4-2-1-3-5-11;6-3(5(8)10)1-2-4(7)9/h1-8H,9H2,(H,15,16);3H,1-2,6H2,(H2,7,9)(H2,8,10). The van der Waals surface area contributed by atoms with Gasteiger partial charge < -0.3 is 27.3 Å². The highest BCUT2D eigenvalue weighted by Crippen LogP contribution is 2.29. The minimum absolute atomic E-state index is 0.0388. The number of hydrogen-bond donors (Lipinski definition) is 4. The first kappa shape index (κ1) is 19.9. The normalized spacial score (nSPS) is 12.9. The topological polar surface area (TPSA) is 151 Å². The molecule has 0 spiro atoms. The highest BCUT2D eigenvalue weighted by molar-refractivity contribution is 5.99. The lowest BCUT2D eigenvalue weighted by atomic mass is 10.1. The van der Waals surface area contributed by atoms with E-state index < -0.39 is 17.9 Å². The molecule has 0 aromatic heterocycles. The molecule has 3 amide bonds. The zero-order chi connectivity index (χ0) is 19.8. The number of amides is 3. The molecule has 3 rings (SSSR count). The van der Waals surface area contributed by atoms with E-state index in [0.717, 1.165) is 22.7 Å². The van der Waals surface area contributed by atoms with Crippen molar-refractivity contribution in [1.29, 1.82) is 0 Å². The molecule has 7 N–H and O–H groups in total. The van der Waals surface area contributed by atoms with Crippen LogP contribution in [0.2, 0.25) is 0 Å². The van der Waals surface area contributed by atoms with Crippen molar-refractivity contribution in [3.05, 3.63) is 54.1 Å². The summed E-state index contributed by atoms with van der Waals surface area (Å²) in [7, 11) is 0. The van der Waals surface area contributed by atoms with E-state index in [2.05, 4.69) is 5.32 Å². The predicted octanol–water partition coefficient (Wildman–Crippen LogP) is 1.04. The smallest absolute Gasteiger partial charge is 0.234 e. The Kier molecular flexibility index (Phi) is 6.90. The molecule has 0 radical (unpaired) electrons. The van der Waals surface area contributed by atoms with E-state index in [-0.39, 0.29) is 18.7 Å². The molecule has 1 unspecified atom stereocenters. The van der Waals surface area contributed by atoms with E-state index in [9.17, 15) is 14.4 Å². The molecular weight excluding hydrogens is 348 g/mol. The van der Waals surface area contributed by atoms with Crippen LogP contribution in [-0.2, 0) is 20.8 Å². The summed E-state index contributed by atoms with van der Waals surface area (Å²) in [5.74, 6) is 0.506. The van der Waals surface area contributed by atoms with Crippen molar-refractivity contribution in [3.63, 3.8) is 0 Å². The number of benzene rings is 2. The number of hydrogen-bond acceptors (Lipinski definition) is 5. The summed E-state index contributed by atoms with van der Waals surface area (Å²) < 4.78 is 5.70. The van der Waals surface area contributed by atoms with Gasteiger partial charge in [0.1, 0.15) is 11.5 Å². The van der Waals surface area contributed by atoms with Crippen LogP contribution < -0.4 is 27.3 Å². The molecule has 0 aliphatic carbocycles. The van der Waals surface area contributed by atoms with Crippen molar-refractivity contribution in [3.8, 4) is 11.5 Å². The molecule has 1 aliphatic heterocycles. The molecule has 2 aromatic rings. The number of primary amides is 2. The maximum absolute atomic E-state index is 11.2. The van der Waals surface area contributed by atoms with Crippen molar-refractivity contribution in [2.75, 3.05) is 5.32 Å². The van der Waals surface area contributed by atoms with Crippen LogP contribution in [0.5, 0.6) is 11.5 Å². The van der Waals surface area contributed by atoms with Crippen molar-refractivity contribution in [2.45, 2.75) is 25.3 Å². The monoisotopic (exact) mass is 370 g/mol. The third-order valence-corrected chi connectivity index (χ3v) is 3.75. The van der Waals surface area contributed by atoms with Crippen LogP contribution in [0.15, 0.2) is 48.5 Å². The summed E-state index contributed by atoms with van der Waals surface area (Å²) in [4.78, 5) is 31.6. The fourth-order valence-corrected chi connectivity index (χ4v) is 2.33. The van der Waals surface area contributed by atoms with Gasteiger partial charge in [-0.1, -0.05) is 18.2 Å². The van der Waals surface area contributed by atoms with Gasteiger partial charge in [-0.3, -0.25) is 14.4 Å². The van der Waals surface area contributed by atoms with Crippen LogP contribution >= 0.6 is 0 Å². The third-order valence-electron chi connectivity index (χ3n) is 3.75. The van der Waals surface area contributed by atoms with E-state index in [1.807, 2.05) is 48.5 Å². The molecule has 2 aromatic carbocycles. The Morgan fingerprint density at radius 1 is 1.07 bits per heavy atom. The van der Waals surface area contributed by atoms with Gasteiger partial charge in [-0.15, -0.1) is 0 Å². The maximum atomic E-state index is 11.2. The number of carbonyl (C=O) groups excluding carboxylic acids is 3. The average molecular weight is 370 g/mol. The van der Waals surface area contributed by atoms with E-state index >= 15 is 0 Å². The molecule has 0 saturated heterocycles. The highest BCUT2D eigenvalue weighted by atomic mass is 16.5. The van der Waals surface area contributed by atoms with Gasteiger partial charge in [-0.2, -0.15) is 0 Å². The van der Waals surface area contributed by atoms with Crippen LogP contribution in [0.25, 0.3) is 0 Å². The molecular formula is C19H22N4O4. The molecule has 1 atom stereocenters. The van der Waals surface area contributed by atoms with Gasteiger partial charge in [-0.25, -0.2) is 0 Å². The highest BCUT2D eigenvalue weighted by Gasteiger charge is 2.17.